The van der Waals surface area contributed by atoms with Crippen molar-refractivity contribution in [3.8, 4) is 18.6 Å². The number of anilines is 1. The Kier molecular flexibility index (Phi) is 21.1. The molecule has 1 heterocycles. The third-order valence-corrected chi connectivity index (χ3v) is 6.65. The van der Waals surface area contributed by atoms with E-state index < -0.39 is 0 Å². The topological polar surface area (TPSA) is 112 Å². The zero-order valence-corrected chi connectivity index (χ0v) is 28.1. The monoisotopic (exact) mass is 682 g/mol. The van der Waals surface area contributed by atoms with Gasteiger partial charge in [0.25, 0.3) is 0 Å². The molecule has 1 aliphatic heterocycles. The molecule has 0 spiro atoms. The molecule has 1 saturated heterocycles. The molecule has 0 saturated carbocycles. The predicted octanol–water partition coefficient (Wildman–Crippen LogP) is 6.42. The number of carbonyl (C=O) groups is 1. The van der Waals surface area contributed by atoms with Gasteiger partial charge in [0.2, 0.25) is 0 Å². The van der Waals surface area contributed by atoms with Crippen LogP contribution in [0.5, 0.6) is 5.75 Å². The molecule has 4 aromatic carbocycles. The van der Waals surface area contributed by atoms with Crippen LogP contribution >= 0.6 is 0 Å². The van der Waals surface area contributed by atoms with Crippen molar-refractivity contribution in [1.82, 2.24) is 5.32 Å². The average Bonchev–Trinajstić information content (AvgIpc) is 3.12. The lowest BCUT2D eigenvalue weighted by atomic mass is 10.1. The van der Waals surface area contributed by atoms with Crippen molar-refractivity contribution in [2.24, 2.45) is 11.5 Å². The first-order valence-electron chi connectivity index (χ1n) is 15.5. The largest absolute Gasteiger partial charge is 0.486 e. The number of benzene rings is 4. The van der Waals surface area contributed by atoms with E-state index in [1.165, 1.54) is 42.5 Å². The number of nitrogens with one attached hydrogen (secondary N) is 2. The highest BCUT2D eigenvalue weighted by atomic mass is 19.1. The quantitative estimate of drug-likeness (QED) is 0.0965. The summed E-state index contributed by atoms with van der Waals surface area (Å²) in [6, 6.07) is 24.0. The van der Waals surface area contributed by atoms with E-state index in [0.29, 0.717) is 37.6 Å². The van der Waals surface area contributed by atoms with Crippen LogP contribution in [-0.4, -0.2) is 51.8 Å². The molecule has 0 aliphatic carbocycles. The molecule has 0 unspecified atom stereocenters. The fourth-order valence-electron chi connectivity index (χ4n) is 4.07. The van der Waals surface area contributed by atoms with Crippen molar-refractivity contribution in [2.45, 2.75) is 38.5 Å². The highest BCUT2D eigenvalue weighted by molar-refractivity contribution is 5.56. The first kappa shape index (κ1) is 42.3. The first-order valence-corrected chi connectivity index (χ1v) is 15.5. The van der Waals surface area contributed by atoms with Gasteiger partial charge in [0, 0.05) is 32.2 Å². The fourth-order valence-corrected chi connectivity index (χ4v) is 4.07. The number of hydrogen-bond acceptors (Lipinski definition) is 7. The minimum Gasteiger partial charge on any atom is -0.486 e. The second kappa shape index (κ2) is 24.4. The lowest BCUT2D eigenvalue weighted by Gasteiger charge is -2.28. The molecule has 6 N–H and O–H groups in total. The molecule has 1 aliphatic rings. The molecule has 0 radical (unpaired) electrons. The Morgan fingerprint density at radius 1 is 0.918 bits per heavy atom. The molecule has 0 aromatic heterocycles. The van der Waals surface area contributed by atoms with Crippen LogP contribution in [0.25, 0.3) is 0 Å². The smallest absolute Gasteiger partial charge is 0.178 e. The van der Waals surface area contributed by atoms with Crippen molar-refractivity contribution in [3.63, 3.8) is 0 Å². The van der Waals surface area contributed by atoms with Gasteiger partial charge in [-0.1, -0.05) is 42.5 Å². The fraction of sp³-hybridized carbons (Fsp3) is 0.289. The molecular weight excluding hydrogens is 636 g/mol. The molecule has 264 valence electrons. The number of aldehydes is 1. The van der Waals surface area contributed by atoms with Crippen LogP contribution in [-0.2, 0) is 16.0 Å². The van der Waals surface area contributed by atoms with E-state index >= 15 is 0 Å². The van der Waals surface area contributed by atoms with Gasteiger partial charge in [0.15, 0.2) is 11.6 Å². The number of morpholine rings is 1. The molecule has 5 rings (SSSR count). The Labute approximate surface area is 287 Å². The Balaban J connectivity index is 0.000000350. The molecule has 11 heteroatoms. The molecule has 1 fully saturated rings. The second-order valence-corrected chi connectivity index (χ2v) is 10.6. The molecule has 0 bridgehead atoms. The summed E-state index contributed by atoms with van der Waals surface area (Å²) in [6.45, 7) is 5.80. The summed E-state index contributed by atoms with van der Waals surface area (Å²) in [5.41, 5.74) is 13.8. The third-order valence-electron chi connectivity index (χ3n) is 6.65. The zero-order valence-electron chi connectivity index (χ0n) is 28.1. The Hall–Kier alpha value is -4.73. The summed E-state index contributed by atoms with van der Waals surface area (Å²) in [6.07, 6.45) is 9.31. The predicted molar refractivity (Wildman–Crippen MR) is 188 cm³/mol. The van der Waals surface area contributed by atoms with E-state index in [2.05, 4.69) is 36.1 Å². The summed E-state index contributed by atoms with van der Waals surface area (Å²) in [4.78, 5) is 9.05. The van der Waals surface area contributed by atoms with Crippen LogP contribution in [0.2, 0.25) is 0 Å². The van der Waals surface area contributed by atoms with Gasteiger partial charge < -0.3 is 36.4 Å². The SMILES string of the molecule is C#C.CNc1cccc(F)c1OC[C@@H]1CN[C@H](C)CO1.C[C@H](N)c1ccc(F)cc1.Fc1ccc(Cc2ccc(F)cc2)cc1.NCC=O. The Bertz CT molecular complexity index is 1430. The van der Waals surface area contributed by atoms with Crippen molar-refractivity contribution in [3.05, 3.63) is 131 Å². The Morgan fingerprint density at radius 3 is 1.82 bits per heavy atom. The summed E-state index contributed by atoms with van der Waals surface area (Å²) >= 11 is 0. The second-order valence-electron chi connectivity index (χ2n) is 10.6. The molecule has 49 heavy (non-hydrogen) atoms. The van der Waals surface area contributed by atoms with E-state index in [1.54, 1.807) is 55.6 Å². The number of ether oxygens (including phenoxy) is 2. The number of halogens is 4. The van der Waals surface area contributed by atoms with Gasteiger partial charge in [-0.05, 0) is 85.5 Å². The number of hydrogen-bond donors (Lipinski definition) is 4. The lowest BCUT2D eigenvalue weighted by Crippen LogP contribution is -2.46. The number of carbonyl (C=O) groups excluding carboxylic acids is 1. The van der Waals surface area contributed by atoms with Crippen molar-refractivity contribution < 1.29 is 31.8 Å². The summed E-state index contributed by atoms with van der Waals surface area (Å²) < 4.78 is 62.3. The van der Waals surface area contributed by atoms with E-state index in [0.717, 1.165) is 23.2 Å². The standard InChI is InChI=1S/C13H10F2.C13H19FN2O2.C8H10FN.C2H5NO.C2H2/c14-12-5-1-10(2-6-12)9-11-3-7-13(15)8-4-11;1-9-7-17-10(6-16-9)8-18-13-11(14)4-3-5-12(13)15-2;1-6(10)7-2-4-8(9)5-3-7;3-1-2-4;1-2/h1-8H,9H2;3-5,9-10,15-16H,6-8H2,1-2H3;2-6H,10H2,1H3;2H,1,3H2;1-2H/t;9-,10+;6-;;/m.10../s1. The van der Waals surface area contributed by atoms with Crippen molar-refractivity contribution >= 4 is 12.0 Å². The minimum absolute atomic E-state index is 0.0133. The van der Waals surface area contributed by atoms with Gasteiger partial charge in [0.1, 0.15) is 36.4 Å². The number of rotatable bonds is 8. The molecule has 0 amide bonds. The maximum Gasteiger partial charge on any atom is 0.178 e. The van der Waals surface area contributed by atoms with Gasteiger partial charge in [-0.25, -0.2) is 17.6 Å². The van der Waals surface area contributed by atoms with Gasteiger partial charge in [-0.15, -0.1) is 12.8 Å². The van der Waals surface area contributed by atoms with Crippen LogP contribution in [0.3, 0.4) is 0 Å². The van der Waals surface area contributed by atoms with E-state index in [4.69, 9.17) is 20.0 Å². The number of para-hydroxylation sites is 1. The van der Waals surface area contributed by atoms with Crippen LogP contribution < -0.4 is 26.8 Å². The summed E-state index contributed by atoms with van der Waals surface area (Å²) in [5, 5.41) is 6.21. The number of terminal acetylenes is 1. The molecule has 7 nitrogen and oxygen atoms in total. The van der Waals surface area contributed by atoms with Crippen molar-refractivity contribution in [2.75, 3.05) is 38.7 Å². The molecule has 3 atom stereocenters. The third kappa shape index (κ3) is 17.3. The minimum atomic E-state index is -0.362. The van der Waals surface area contributed by atoms with Crippen LogP contribution in [0.1, 0.15) is 36.6 Å². The van der Waals surface area contributed by atoms with Crippen LogP contribution in [0.15, 0.2) is 91.0 Å². The number of nitrogens with two attached hydrogens (primary N) is 2. The van der Waals surface area contributed by atoms with Crippen LogP contribution in [0, 0.1) is 36.1 Å². The Morgan fingerprint density at radius 2 is 1.41 bits per heavy atom. The molecule has 4 aromatic rings. The normalized spacial score (nSPS) is 15.1. The van der Waals surface area contributed by atoms with E-state index in [-0.39, 0.29) is 47.7 Å². The van der Waals surface area contributed by atoms with E-state index in [1.807, 2.05) is 6.92 Å². The lowest BCUT2D eigenvalue weighted by molar-refractivity contribution is -0.106. The highest BCUT2D eigenvalue weighted by Crippen LogP contribution is 2.27. The van der Waals surface area contributed by atoms with Gasteiger partial charge in [0.05, 0.1) is 12.3 Å². The van der Waals surface area contributed by atoms with Crippen LogP contribution in [0.4, 0.5) is 23.2 Å². The zero-order chi connectivity index (χ0) is 36.6. The maximum absolute atomic E-state index is 13.6. The van der Waals surface area contributed by atoms with Gasteiger partial charge in [-0.2, -0.15) is 0 Å². The average molecular weight is 683 g/mol. The maximum atomic E-state index is 13.6. The van der Waals surface area contributed by atoms with Crippen molar-refractivity contribution in [1.29, 1.82) is 0 Å². The summed E-state index contributed by atoms with van der Waals surface area (Å²) in [5.74, 6) is -0.804. The summed E-state index contributed by atoms with van der Waals surface area (Å²) in [7, 11) is 1.74. The van der Waals surface area contributed by atoms with Gasteiger partial charge >= 0.3 is 0 Å². The first-order chi connectivity index (χ1) is 23.6. The van der Waals surface area contributed by atoms with Gasteiger partial charge in [-0.3, -0.25) is 0 Å². The highest BCUT2D eigenvalue weighted by Gasteiger charge is 2.19. The van der Waals surface area contributed by atoms with E-state index in [9.17, 15) is 17.6 Å². The molecular formula is C38H46F4N4O3.